The first-order valence-corrected chi connectivity index (χ1v) is 4.65. The molecule has 5 nitrogen and oxygen atoms in total. The lowest BCUT2D eigenvalue weighted by atomic mass is 10.7. The SMILES string of the molecule is NC(=O)CSc1cc(Cl)nc(N)n1. The van der Waals surface area contributed by atoms with Crippen LogP contribution in [0.2, 0.25) is 5.15 Å². The van der Waals surface area contributed by atoms with Gasteiger partial charge in [0.1, 0.15) is 10.2 Å². The molecule has 4 N–H and O–H groups in total. The summed E-state index contributed by atoms with van der Waals surface area (Å²) < 4.78 is 0. The number of halogens is 1. The molecule has 0 fully saturated rings. The number of nitrogens with two attached hydrogens (primary N) is 2. The van der Waals surface area contributed by atoms with Crippen molar-refractivity contribution < 1.29 is 4.79 Å². The van der Waals surface area contributed by atoms with E-state index in [-0.39, 0.29) is 16.9 Å². The van der Waals surface area contributed by atoms with Crippen LogP contribution in [0.25, 0.3) is 0 Å². The number of carbonyl (C=O) groups excluding carboxylic acids is 1. The van der Waals surface area contributed by atoms with Crippen molar-refractivity contribution in [2.75, 3.05) is 11.5 Å². The molecule has 1 heterocycles. The minimum Gasteiger partial charge on any atom is -0.369 e. The van der Waals surface area contributed by atoms with E-state index in [0.717, 1.165) is 0 Å². The Labute approximate surface area is 83.9 Å². The molecular weight excluding hydrogens is 212 g/mol. The van der Waals surface area contributed by atoms with E-state index in [4.69, 9.17) is 23.1 Å². The summed E-state index contributed by atoms with van der Waals surface area (Å²) in [6.45, 7) is 0. The van der Waals surface area contributed by atoms with E-state index in [1.54, 1.807) is 0 Å². The normalized spacial score (nSPS) is 9.92. The maximum absolute atomic E-state index is 10.4. The van der Waals surface area contributed by atoms with E-state index < -0.39 is 5.91 Å². The third-order valence-electron chi connectivity index (χ3n) is 1.05. The number of anilines is 1. The monoisotopic (exact) mass is 218 g/mol. The number of amides is 1. The maximum Gasteiger partial charge on any atom is 0.227 e. The maximum atomic E-state index is 10.4. The number of hydrogen-bond acceptors (Lipinski definition) is 5. The van der Waals surface area contributed by atoms with Crippen molar-refractivity contribution in [3.8, 4) is 0 Å². The van der Waals surface area contributed by atoms with E-state index >= 15 is 0 Å². The van der Waals surface area contributed by atoms with Gasteiger partial charge in [-0.1, -0.05) is 23.4 Å². The highest BCUT2D eigenvalue weighted by Gasteiger charge is 2.02. The van der Waals surface area contributed by atoms with Gasteiger partial charge < -0.3 is 11.5 Å². The highest BCUT2D eigenvalue weighted by atomic mass is 35.5. The quantitative estimate of drug-likeness (QED) is 0.562. The number of nitrogen functional groups attached to an aromatic ring is 1. The Morgan fingerprint density at radius 2 is 2.31 bits per heavy atom. The summed E-state index contributed by atoms with van der Waals surface area (Å²) in [4.78, 5) is 17.9. The van der Waals surface area contributed by atoms with Crippen LogP contribution in [0.4, 0.5) is 5.95 Å². The second-order valence-corrected chi connectivity index (χ2v) is 3.52. The lowest BCUT2D eigenvalue weighted by Gasteiger charge is -1.99. The summed E-state index contributed by atoms with van der Waals surface area (Å²) in [5.74, 6) is -0.190. The molecule has 0 aliphatic rings. The van der Waals surface area contributed by atoms with Crippen molar-refractivity contribution in [1.82, 2.24) is 9.97 Å². The van der Waals surface area contributed by atoms with E-state index in [9.17, 15) is 4.79 Å². The number of thioether (sulfide) groups is 1. The van der Waals surface area contributed by atoms with Gasteiger partial charge in [0.2, 0.25) is 11.9 Å². The third-order valence-corrected chi connectivity index (χ3v) is 2.18. The van der Waals surface area contributed by atoms with Crippen LogP contribution in [-0.2, 0) is 4.79 Å². The van der Waals surface area contributed by atoms with Gasteiger partial charge in [-0.2, -0.15) is 0 Å². The molecule has 0 aliphatic heterocycles. The first-order valence-electron chi connectivity index (χ1n) is 3.29. The molecule has 70 valence electrons. The molecule has 13 heavy (non-hydrogen) atoms. The molecule has 0 saturated carbocycles. The van der Waals surface area contributed by atoms with Crippen LogP contribution < -0.4 is 11.5 Å². The third kappa shape index (κ3) is 3.47. The van der Waals surface area contributed by atoms with Gasteiger partial charge in [-0.05, 0) is 0 Å². The molecule has 0 saturated heterocycles. The fourth-order valence-electron chi connectivity index (χ4n) is 0.633. The number of hydrogen-bond donors (Lipinski definition) is 2. The first kappa shape index (κ1) is 10.1. The summed E-state index contributed by atoms with van der Waals surface area (Å²) in [6, 6.07) is 1.52. The Hall–Kier alpha value is -1.01. The zero-order chi connectivity index (χ0) is 9.84. The molecule has 0 atom stereocenters. The number of primary amides is 1. The standard InChI is InChI=1S/C6H7ClN4OS/c7-3-1-5(11-6(9)10-3)13-2-4(8)12/h1H,2H2,(H2,8,12)(H2,9,10,11). The zero-order valence-corrected chi connectivity index (χ0v) is 8.10. The van der Waals surface area contributed by atoms with E-state index in [0.29, 0.717) is 5.03 Å². The molecule has 1 amide bonds. The van der Waals surface area contributed by atoms with Gasteiger partial charge in [0.05, 0.1) is 5.75 Å². The largest absolute Gasteiger partial charge is 0.369 e. The Morgan fingerprint density at radius 1 is 1.62 bits per heavy atom. The van der Waals surface area contributed by atoms with Gasteiger partial charge in [-0.25, -0.2) is 9.97 Å². The van der Waals surface area contributed by atoms with Crippen molar-refractivity contribution in [1.29, 1.82) is 0 Å². The Bertz CT molecular complexity index is 312. The van der Waals surface area contributed by atoms with Crippen molar-refractivity contribution in [2.45, 2.75) is 5.03 Å². The molecule has 7 heteroatoms. The minimum absolute atomic E-state index is 0.0828. The number of aromatic nitrogens is 2. The van der Waals surface area contributed by atoms with Gasteiger partial charge in [0.25, 0.3) is 0 Å². The lowest BCUT2D eigenvalue weighted by molar-refractivity contribution is -0.115. The Balaban J connectivity index is 2.71. The number of rotatable bonds is 3. The molecule has 0 unspecified atom stereocenters. The molecule has 0 bridgehead atoms. The fraction of sp³-hybridized carbons (Fsp3) is 0.167. The predicted octanol–water partition coefficient (Wildman–Crippen LogP) is 0.290. The van der Waals surface area contributed by atoms with Crippen LogP contribution >= 0.6 is 23.4 Å². The van der Waals surface area contributed by atoms with Crippen molar-refractivity contribution in [2.24, 2.45) is 5.73 Å². The molecule has 1 aromatic rings. The highest BCUT2D eigenvalue weighted by Crippen LogP contribution is 2.18. The average molecular weight is 219 g/mol. The van der Waals surface area contributed by atoms with E-state index in [1.807, 2.05) is 0 Å². The summed E-state index contributed by atoms with van der Waals surface area (Å²) in [5, 5.41) is 0.788. The molecule has 1 rings (SSSR count). The van der Waals surface area contributed by atoms with Gasteiger partial charge in [-0.3, -0.25) is 4.79 Å². The first-order chi connectivity index (χ1) is 6.08. The summed E-state index contributed by atoms with van der Waals surface area (Å²) in [5.41, 5.74) is 10.3. The van der Waals surface area contributed by atoms with Crippen LogP contribution in [-0.4, -0.2) is 21.6 Å². The van der Waals surface area contributed by atoms with Crippen LogP contribution in [0.5, 0.6) is 0 Å². The van der Waals surface area contributed by atoms with Crippen molar-refractivity contribution in [3.63, 3.8) is 0 Å². The van der Waals surface area contributed by atoms with E-state index in [2.05, 4.69) is 9.97 Å². The Morgan fingerprint density at radius 3 is 2.85 bits per heavy atom. The van der Waals surface area contributed by atoms with Crippen molar-refractivity contribution >= 4 is 35.2 Å². The molecule has 0 aliphatic carbocycles. The van der Waals surface area contributed by atoms with Gasteiger partial charge in [0.15, 0.2) is 0 Å². The average Bonchev–Trinajstić information content (AvgIpc) is 1.99. The predicted molar refractivity (Wildman–Crippen MR) is 51.4 cm³/mol. The van der Waals surface area contributed by atoms with Crippen molar-refractivity contribution in [3.05, 3.63) is 11.2 Å². The smallest absolute Gasteiger partial charge is 0.227 e. The topological polar surface area (TPSA) is 94.9 Å². The van der Waals surface area contributed by atoms with Gasteiger partial charge in [0, 0.05) is 6.07 Å². The summed E-state index contributed by atoms with van der Waals surface area (Å²) in [6.07, 6.45) is 0. The molecule has 1 aromatic heterocycles. The second kappa shape index (κ2) is 4.29. The zero-order valence-electron chi connectivity index (χ0n) is 6.53. The summed E-state index contributed by atoms with van der Waals surface area (Å²) in [7, 11) is 0. The van der Waals surface area contributed by atoms with Crippen LogP contribution in [0.3, 0.4) is 0 Å². The molecule has 0 spiro atoms. The molecule has 0 aromatic carbocycles. The highest BCUT2D eigenvalue weighted by molar-refractivity contribution is 7.99. The van der Waals surface area contributed by atoms with Gasteiger partial charge in [-0.15, -0.1) is 0 Å². The second-order valence-electron chi connectivity index (χ2n) is 2.14. The summed E-state index contributed by atoms with van der Waals surface area (Å²) >= 11 is 6.77. The molecule has 0 radical (unpaired) electrons. The van der Waals surface area contributed by atoms with Crippen LogP contribution in [0.15, 0.2) is 11.1 Å². The van der Waals surface area contributed by atoms with Gasteiger partial charge >= 0.3 is 0 Å². The number of carbonyl (C=O) groups is 1. The van der Waals surface area contributed by atoms with Crippen LogP contribution in [0.1, 0.15) is 0 Å². The lowest BCUT2D eigenvalue weighted by Crippen LogP contribution is -2.13. The number of nitrogens with zero attached hydrogens (tertiary/aromatic N) is 2. The van der Waals surface area contributed by atoms with Crippen LogP contribution in [0, 0.1) is 0 Å². The molecular formula is C6H7ClN4OS. The Kier molecular flexibility index (Phi) is 3.32. The minimum atomic E-state index is -0.418. The van der Waals surface area contributed by atoms with E-state index in [1.165, 1.54) is 17.8 Å². The fourth-order valence-corrected chi connectivity index (χ4v) is 1.53.